The average molecular weight is 541 g/mol. The van der Waals surface area contributed by atoms with Crippen LogP contribution in [0, 0.1) is 40.4 Å². The van der Waals surface area contributed by atoms with Crippen LogP contribution in [0.15, 0.2) is 52.2 Å². The molecule has 1 aliphatic heterocycles. The molecule has 2 saturated carbocycles. The van der Waals surface area contributed by atoms with Crippen molar-refractivity contribution in [3.63, 3.8) is 0 Å². The van der Waals surface area contributed by atoms with E-state index in [1.165, 1.54) is 35.2 Å². The Labute approximate surface area is 239 Å². The molecule has 1 saturated heterocycles. The molecule has 6 atom stereocenters. The lowest BCUT2D eigenvalue weighted by molar-refractivity contribution is -0.132. The van der Waals surface area contributed by atoms with Crippen LogP contribution in [0.4, 0.5) is 5.69 Å². The van der Waals surface area contributed by atoms with E-state index in [0.29, 0.717) is 24.2 Å². The monoisotopic (exact) mass is 540 g/mol. The maximum atomic E-state index is 13.8. The van der Waals surface area contributed by atoms with Crippen molar-refractivity contribution in [1.82, 2.24) is 0 Å². The van der Waals surface area contributed by atoms with Crippen LogP contribution in [-0.4, -0.2) is 41.5 Å². The largest absolute Gasteiger partial charge is 0.411 e. The van der Waals surface area contributed by atoms with Crippen molar-refractivity contribution in [3.05, 3.63) is 52.6 Å². The Kier molecular flexibility index (Phi) is 7.20. The number of Topliss-reactive ketones (excluding diaryl/α,β-unsaturated/α-hetero) is 1. The number of allylic oxidation sites excluding steroid dienone is 4. The Balaban J connectivity index is 1.51. The maximum absolute atomic E-state index is 13.8. The third-order valence-electron chi connectivity index (χ3n) is 11.4. The van der Waals surface area contributed by atoms with Gasteiger partial charge >= 0.3 is 0 Å². The fourth-order valence-electron chi connectivity index (χ4n) is 9.49. The van der Waals surface area contributed by atoms with Crippen molar-refractivity contribution >= 4 is 17.2 Å². The number of hydrogen-bond acceptors (Lipinski definition) is 5. The molecule has 5 heteroatoms. The van der Waals surface area contributed by atoms with Gasteiger partial charge in [0.1, 0.15) is 6.61 Å². The molecule has 5 nitrogen and oxygen atoms in total. The summed E-state index contributed by atoms with van der Waals surface area (Å²) in [5, 5.41) is 22.8. The number of carbonyl (C=O) groups excluding carboxylic acids is 1. The first kappa shape index (κ1) is 27.3. The number of carbonyl (C=O) groups is 1. The van der Waals surface area contributed by atoms with Gasteiger partial charge in [0.2, 0.25) is 0 Å². The zero-order valence-corrected chi connectivity index (χ0v) is 24.4. The fraction of sp³-hybridized carbons (Fsp3) is 0.600. The van der Waals surface area contributed by atoms with Gasteiger partial charge in [-0.3, -0.25) is 4.79 Å². The van der Waals surface area contributed by atoms with Crippen molar-refractivity contribution in [2.45, 2.75) is 84.5 Å². The minimum Gasteiger partial charge on any atom is -0.411 e. The molecular formula is C35H44N2O3. The molecule has 2 N–H and O–H groups in total. The molecule has 1 aromatic rings. The van der Waals surface area contributed by atoms with Crippen LogP contribution in [0.5, 0.6) is 0 Å². The number of ketones is 1. The molecule has 0 radical (unpaired) electrons. The van der Waals surface area contributed by atoms with Crippen molar-refractivity contribution in [2.75, 3.05) is 24.6 Å². The molecule has 0 aromatic heterocycles. The Morgan fingerprint density at radius 1 is 1.18 bits per heavy atom. The Hall–Kier alpha value is -2.84. The molecular weight excluding hydrogens is 496 g/mol. The number of hydrogen-bond donors (Lipinski definition) is 2. The van der Waals surface area contributed by atoms with Gasteiger partial charge in [-0.25, -0.2) is 0 Å². The van der Waals surface area contributed by atoms with E-state index in [-0.39, 0.29) is 23.7 Å². The van der Waals surface area contributed by atoms with Crippen LogP contribution in [-0.2, 0) is 4.79 Å². The number of oxime groups is 1. The summed E-state index contributed by atoms with van der Waals surface area (Å²) in [6, 6.07) is 9.30. The van der Waals surface area contributed by atoms with Crippen LogP contribution < -0.4 is 4.90 Å². The molecule has 1 aromatic carbocycles. The van der Waals surface area contributed by atoms with E-state index in [1.54, 1.807) is 5.57 Å². The predicted molar refractivity (Wildman–Crippen MR) is 160 cm³/mol. The number of benzene rings is 1. The zero-order valence-electron chi connectivity index (χ0n) is 24.4. The van der Waals surface area contributed by atoms with Gasteiger partial charge in [0.25, 0.3) is 0 Å². The Morgan fingerprint density at radius 2 is 1.93 bits per heavy atom. The van der Waals surface area contributed by atoms with Gasteiger partial charge in [-0.1, -0.05) is 55.5 Å². The zero-order chi connectivity index (χ0) is 28.1. The lowest BCUT2D eigenvalue weighted by Gasteiger charge is -2.55. The first-order valence-corrected chi connectivity index (χ1v) is 15.5. The predicted octanol–water partition coefficient (Wildman–Crippen LogP) is 6.65. The van der Waals surface area contributed by atoms with Crippen LogP contribution in [0.1, 0.15) is 90.0 Å². The molecule has 1 unspecified atom stereocenters. The highest BCUT2D eigenvalue weighted by Gasteiger charge is 2.65. The van der Waals surface area contributed by atoms with E-state index >= 15 is 0 Å². The normalized spacial score (nSPS) is 36.0. The van der Waals surface area contributed by atoms with Crippen molar-refractivity contribution in [2.24, 2.45) is 33.7 Å². The van der Waals surface area contributed by atoms with Crippen LogP contribution >= 0.6 is 0 Å². The number of anilines is 1. The summed E-state index contributed by atoms with van der Waals surface area (Å²) < 4.78 is 0. The van der Waals surface area contributed by atoms with E-state index in [2.05, 4.69) is 66.1 Å². The number of aliphatic hydroxyl groups excluding tert-OH is 1. The van der Waals surface area contributed by atoms with Crippen LogP contribution in [0.25, 0.3) is 0 Å². The summed E-state index contributed by atoms with van der Waals surface area (Å²) in [7, 11) is 0. The third-order valence-corrected chi connectivity index (χ3v) is 11.4. The van der Waals surface area contributed by atoms with E-state index in [1.807, 2.05) is 6.92 Å². The molecule has 40 heavy (non-hydrogen) atoms. The highest BCUT2D eigenvalue weighted by Crippen LogP contribution is 2.70. The first-order chi connectivity index (χ1) is 19.4. The van der Waals surface area contributed by atoms with E-state index in [9.17, 15) is 15.1 Å². The molecule has 4 aliphatic carbocycles. The highest BCUT2D eigenvalue weighted by molar-refractivity contribution is 5.97. The molecule has 0 amide bonds. The quantitative estimate of drug-likeness (QED) is 0.255. The van der Waals surface area contributed by atoms with Gasteiger partial charge in [-0.2, -0.15) is 0 Å². The molecule has 3 fully saturated rings. The minimum absolute atomic E-state index is 0.209. The fourth-order valence-corrected chi connectivity index (χ4v) is 9.49. The Bertz CT molecular complexity index is 1320. The van der Waals surface area contributed by atoms with Gasteiger partial charge in [-0.15, -0.1) is 0 Å². The number of aliphatic hydroxyl groups is 1. The van der Waals surface area contributed by atoms with Crippen LogP contribution in [0.3, 0.4) is 0 Å². The second-order valence-corrected chi connectivity index (χ2v) is 13.1. The number of fused-ring (bicyclic) bond motifs is 4. The van der Waals surface area contributed by atoms with Crippen molar-refractivity contribution < 1.29 is 15.1 Å². The van der Waals surface area contributed by atoms with E-state index in [4.69, 9.17) is 0 Å². The summed E-state index contributed by atoms with van der Waals surface area (Å²) in [5.41, 5.74) is 6.86. The van der Waals surface area contributed by atoms with Crippen molar-refractivity contribution in [3.8, 4) is 11.8 Å². The summed E-state index contributed by atoms with van der Waals surface area (Å²) in [4.78, 5) is 16.3. The summed E-state index contributed by atoms with van der Waals surface area (Å²) in [6.45, 7) is 8.69. The first-order valence-electron chi connectivity index (χ1n) is 15.5. The molecule has 0 spiro atoms. The standard InChI is InChI=1S/C35H44N2O3/c1-4-32(39)35(15-7-19-38)16-14-31-29-20-23(2)28-21-25(36-40)10-13-27(28)33(29)30(22-34(31,35)3)24-8-11-26(12-9-24)37-17-5-6-18-37/h8-9,11-12,21,23,29-31,38,40H,4-6,10,13-14,16-20,22H2,1-3H3/t23?,29-,30+,31-,34-,35+/m0/s1. The lowest BCUT2D eigenvalue weighted by atomic mass is 9.47. The number of rotatable bonds is 4. The van der Waals surface area contributed by atoms with Gasteiger partial charge in [0, 0.05) is 31.1 Å². The highest BCUT2D eigenvalue weighted by atomic mass is 16.4. The van der Waals surface area contributed by atoms with E-state index in [0.717, 1.165) is 57.3 Å². The topological polar surface area (TPSA) is 73.1 Å². The summed E-state index contributed by atoms with van der Waals surface area (Å²) in [6.07, 6.45) is 10.5. The average Bonchev–Trinajstić information content (AvgIpc) is 3.62. The Morgan fingerprint density at radius 3 is 2.60 bits per heavy atom. The van der Waals surface area contributed by atoms with Crippen LogP contribution in [0.2, 0.25) is 0 Å². The second-order valence-electron chi connectivity index (χ2n) is 13.1. The van der Waals surface area contributed by atoms with Crippen molar-refractivity contribution in [1.29, 1.82) is 0 Å². The SMILES string of the molecule is CCC(=O)[C@@]1(C#CCO)CC[C@H]2[C@@H]3CC(C)C4=CC(=NO)CCC4=C3[C@@H](c3ccc(N4CCCC4)cc3)C[C@@]21C. The molecule has 6 rings (SSSR count). The van der Waals surface area contributed by atoms with Gasteiger partial charge in [-0.05, 0) is 109 Å². The molecule has 0 bridgehead atoms. The lowest BCUT2D eigenvalue weighted by Crippen LogP contribution is -2.51. The second kappa shape index (κ2) is 10.5. The maximum Gasteiger partial charge on any atom is 0.151 e. The van der Waals surface area contributed by atoms with Gasteiger partial charge in [0.05, 0.1) is 11.1 Å². The molecule has 5 aliphatic rings. The minimum atomic E-state index is -0.707. The summed E-state index contributed by atoms with van der Waals surface area (Å²) in [5.74, 6) is 7.98. The smallest absolute Gasteiger partial charge is 0.151 e. The molecule has 1 heterocycles. The van der Waals surface area contributed by atoms with Gasteiger partial charge in [0.15, 0.2) is 5.78 Å². The van der Waals surface area contributed by atoms with E-state index < -0.39 is 5.41 Å². The number of nitrogens with zero attached hydrogens (tertiary/aromatic N) is 2. The summed E-state index contributed by atoms with van der Waals surface area (Å²) >= 11 is 0. The van der Waals surface area contributed by atoms with Gasteiger partial charge < -0.3 is 15.2 Å². The third kappa shape index (κ3) is 4.09. The molecule has 212 valence electrons.